The van der Waals surface area contributed by atoms with Gasteiger partial charge in [-0.05, 0) is 43.7 Å². The Labute approximate surface area is 166 Å². The number of aromatic hydroxyl groups is 1. The van der Waals surface area contributed by atoms with Gasteiger partial charge in [-0.2, -0.15) is 5.10 Å². The van der Waals surface area contributed by atoms with Gasteiger partial charge in [0.05, 0.1) is 34.7 Å². The summed E-state index contributed by atoms with van der Waals surface area (Å²) < 4.78 is 6.67. The molecule has 0 radical (unpaired) electrons. The Morgan fingerprint density at radius 3 is 2.55 bits per heavy atom. The zero-order valence-corrected chi connectivity index (χ0v) is 16.1. The minimum absolute atomic E-state index is 0.0458. The zero-order valence-electron chi connectivity index (χ0n) is 16.1. The number of allylic oxidation sites excluding steroid dienone is 1. The highest BCUT2D eigenvalue weighted by Gasteiger charge is 2.20. The van der Waals surface area contributed by atoms with Crippen LogP contribution < -0.4 is 4.74 Å². The minimum Gasteiger partial charge on any atom is -0.500 e. The van der Waals surface area contributed by atoms with Crippen LogP contribution in [0.2, 0.25) is 0 Å². The van der Waals surface area contributed by atoms with Gasteiger partial charge in [-0.15, -0.1) is 0 Å². The number of benzene rings is 2. The number of carbonyl (C=O) groups excluding carboxylic acids is 1. The molecule has 29 heavy (non-hydrogen) atoms. The third-order valence-corrected chi connectivity index (χ3v) is 4.46. The zero-order chi connectivity index (χ0) is 21.1. The Kier molecular flexibility index (Phi) is 5.45. The van der Waals surface area contributed by atoms with Crippen LogP contribution in [0.1, 0.15) is 27.3 Å². The molecule has 8 heteroatoms. The van der Waals surface area contributed by atoms with Crippen LogP contribution in [0.25, 0.3) is 11.8 Å². The summed E-state index contributed by atoms with van der Waals surface area (Å²) in [5, 5.41) is 25.4. The first-order valence-corrected chi connectivity index (χ1v) is 8.73. The molecule has 1 heterocycles. The summed E-state index contributed by atoms with van der Waals surface area (Å²) in [5.74, 6) is -0.885. The first kappa shape index (κ1) is 19.8. The lowest BCUT2D eigenvalue weighted by Crippen LogP contribution is -2.01. The molecule has 1 N–H and O–H groups in total. The fraction of sp³-hybridized carbons (Fsp3) is 0.143. The van der Waals surface area contributed by atoms with Crippen molar-refractivity contribution in [1.82, 2.24) is 9.78 Å². The van der Waals surface area contributed by atoms with Crippen molar-refractivity contribution in [2.24, 2.45) is 0 Å². The van der Waals surface area contributed by atoms with Gasteiger partial charge in [0.15, 0.2) is 11.5 Å². The molecule has 2 aromatic carbocycles. The topological polar surface area (TPSA) is 107 Å². The molecule has 3 rings (SSSR count). The van der Waals surface area contributed by atoms with E-state index in [0.717, 1.165) is 5.69 Å². The van der Waals surface area contributed by atoms with Gasteiger partial charge in [-0.3, -0.25) is 14.9 Å². The number of phenols is 1. The molecule has 0 aliphatic carbocycles. The molecule has 3 aromatic rings. The molecular weight excluding hydrogens is 374 g/mol. The quantitative estimate of drug-likeness (QED) is 0.293. The molecule has 0 bridgehead atoms. The molecule has 1 aromatic heterocycles. The van der Waals surface area contributed by atoms with E-state index in [1.807, 2.05) is 37.3 Å². The van der Waals surface area contributed by atoms with E-state index in [4.69, 9.17) is 4.74 Å². The summed E-state index contributed by atoms with van der Waals surface area (Å²) in [5.41, 5.74) is 2.43. The highest BCUT2D eigenvalue weighted by Crippen LogP contribution is 2.37. The Morgan fingerprint density at radius 1 is 1.24 bits per heavy atom. The van der Waals surface area contributed by atoms with E-state index >= 15 is 0 Å². The number of rotatable bonds is 6. The van der Waals surface area contributed by atoms with E-state index in [2.05, 4.69) is 5.10 Å². The lowest BCUT2D eigenvalue weighted by atomic mass is 10.1. The SMILES string of the molecule is COc1cc(C=CC(=O)c2c(C)nn(-c3ccccc3)c2C)cc([N+](=O)[O-])c1O. The molecule has 0 fully saturated rings. The molecule has 0 saturated carbocycles. The molecule has 148 valence electrons. The summed E-state index contributed by atoms with van der Waals surface area (Å²) in [6.07, 6.45) is 2.76. The molecule has 0 aliphatic heterocycles. The van der Waals surface area contributed by atoms with Crippen LogP contribution in [0.5, 0.6) is 11.5 Å². The number of aryl methyl sites for hydroxylation is 1. The maximum Gasteiger partial charge on any atom is 0.315 e. The van der Waals surface area contributed by atoms with Crippen molar-refractivity contribution in [2.45, 2.75) is 13.8 Å². The number of ketones is 1. The van der Waals surface area contributed by atoms with Gasteiger partial charge >= 0.3 is 5.69 Å². The van der Waals surface area contributed by atoms with E-state index in [9.17, 15) is 20.0 Å². The second-order valence-electron chi connectivity index (χ2n) is 6.34. The third kappa shape index (κ3) is 3.86. The van der Waals surface area contributed by atoms with Gasteiger partial charge in [0.2, 0.25) is 5.75 Å². The normalized spacial score (nSPS) is 11.0. The fourth-order valence-corrected chi connectivity index (χ4v) is 3.08. The van der Waals surface area contributed by atoms with Crippen LogP contribution in [0.15, 0.2) is 48.5 Å². The lowest BCUT2D eigenvalue weighted by Gasteiger charge is -2.05. The summed E-state index contributed by atoms with van der Waals surface area (Å²) >= 11 is 0. The van der Waals surface area contributed by atoms with Crippen molar-refractivity contribution < 1.29 is 19.6 Å². The minimum atomic E-state index is -0.713. The monoisotopic (exact) mass is 393 g/mol. The molecule has 0 saturated heterocycles. The first-order valence-electron chi connectivity index (χ1n) is 8.73. The van der Waals surface area contributed by atoms with Gasteiger partial charge in [-0.25, -0.2) is 4.68 Å². The van der Waals surface area contributed by atoms with Crippen molar-refractivity contribution >= 4 is 17.5 Å². The maximum atomic E-state index is 12.8. The lowest BCUT2D eigenvalue weighted by molar-refractivity contribution is -0.386. The highest BCUT2D eigenvalue weighted by atomic mass is 16.6. The molecule has 0 aliphatic rings. The number of aromatic nitrogens is 2. The van der Waals surface area contributed by atoms with Crippen molar-refractivity contribution in [3.8, 4) is 17.2 Å². The fourth-order valence-electron chi connectivity index (χ4n) is 3.08. The van der Waals surface area contributed by atoms with Crippen molar-refractivity contribution in [3.63, 3.8) is 0 Å². The van der Waals surface area contributed by atoms with Gasteiger partial charge < -0.3 is 9.84 Å². The number of phenolic OH excluding ortho intramolecular Hbond substituents is 1. The number of nitro benzene ring substituents is 1. The van der Waals surface area contributed by atoms with Crippen LogP contribution in [0.3, 0.4) is 0 Å². The largest absolute Gasteiger partial charge is 0.500 e. The second-order valence-corrected chi connectivity index (χ2v) is 6.34. The van der Waals surface area contributed by atoms with Crippen molar-refractivity contribution in [3.05, 3.63) is 81.2 Å². The number of methoxy groups -OCH3 is 1. The molecule has 0 amide bonds. The number of nitrogens with zero attached hydrogens (tertiary/aromatic N) is 3. The average Bonchev–Trinajstić information content (AvgIpc) is 3.01. The number of hydrogen-bond acceptors (Lipinski definition) is 6. The third-order valence-electron chi connectivity index (χ3n) is 4.46. The van der Waals surface area contributed by atoms with Crippen molar-refractivity contribution in [1.29, 1.82) is 0 Å². The predicted molar refractivity (Wildman–Crippen MR) is 108 cm³/mol. The van der Waals surface area contributed by atoms with Crippen LogP contribution in [-0.4, -0.2) is 32.7 Å². The Hall–Kier alpha value is -3.94. The number of hydrogen-bond donors (Lipinski definition) is 1. The molecule has 0 spiro atoms. The Morgan fingerprint density at radius 2 is 1.93 bits per heavy atom. The standard InChI is InChI=1S/C21H19N3O5/c1-13-20(14(2)23(22-13)16-7-5-4-6-8-16)18(25)10-9-15-11-17(24(27)28)21(26)19(12-15)29-3/h4-12,26H,1-3H3. The molecule has 8 nitrogen and oxygen atoms in total. The van der Waals surface area contributed by atoms with Crippen molar-refractivity contribution in [2.75, 3.05) is 7.11 Å². The first-order chi connectivity index (χ1) is 13.8. The van der Waals surface area contributed by atoms with Crippen LogP contribution in [0.4, 0.5) is 5.69 Å². The second kappa shape index (κ2) is 7.97. The Balaban J connectivity index is 1.96. The summed E-state index contributed by atoms with van der Waals surface area (Å²) in [4.78, 5) is 23.2. The summed E-state index contributed by atoms with van der Waals surface area (Å²) in [6.45, 7) is 3.56. The molecule has 0 atom stereocenters. The smallest absolute Gasteiger partial charge is 0.315 e. The van der Waals surface area contributed by atoms with E-state index in [-0.39, 0.29) is 11.5 Å². The van der Waals surface area contributed by atoms with Crippen LogP contribution in [0, 0.1) is 24.0 Å². The van der Waals surface area contributed by atoms with Gasteiger partial charge in [0.25, 0.3) is 0 Å². The van der Waals surface area contributed by atoms with E-state index in [1.165, 1.54) is 31.4 Å². The van der Waals surface area contributed by atoms with Gasteiger partial charge in [-0.1, -0.05) is 24.3 Å². The van der Waals surface area contributed by atoms with E-state index in [0.29, 0.717) is 22.5 Å². The summed E-state index contributed by atoms with van der Waals surface area (Å²) in [7, 11) is 1.29. The van der Waals surface area contributed by atoms with E-state index < -0.39 is 16.4 Å². The van der Waals surface area contributed by atoms with Gasteiger partial charge in [0, 0.05) is 6.07 Å². The highest BCUT2D eigenvalue weighted by molar-refractivity contribution is 6.08. The maximum absolute atomic E-state index is 12.8. The molecular formula is C21H19N3O5. The van der Waals surface area contributed by atoms with E-state index in [1.54, 1.807) is 11.6 Å². The number of para-hydroxylation sites is 1. The number of ether oxygens (including phenoxy) is 1. The Bertz CT molecular complexity index is 1120. The summed E-state index contributed by atoms with van der Waals surface area (Å²) in [6, 6.07) is 12.1. The average molecular weight is 393 g/mol. The number of carbonyl (C=O) groups is 1. The number of nitro groups is 1. The van der Waals surface area contributed by atoms with Crippen LogP contribution in [-0.2, 0) is 0 Å². The van der Waals surface area contributed by atoms with Crippen LogP contribution >= 0.6 is 0 Å². The predicted octanol–water partition coefficient (Wildman–Crippen LogP) is 4.01. The van der Waals surface area contributed by atoms with Gasteiger partial charge in [0.1, 0.15) is 0 Å². The molecule has 0 unspecified atom stereocenters.